The van der Waals surface area contributed by atoms with Gasteiger partial charge in [-0.25, -0.2) is 0 Å². The Labute approximate surface area is 103 Å². The molecule has 0 aromatic heterocycles. The second-order valence-electron chi connectivity index (χ2n) is 4.24. The molecular weight excluding hydrogens is 222 g/mol. The van der Waals surface area contributed by atoms with Crippen LogP contribution in [0.4, 0.5) is 0 Å². The normalized spacial score (nSPS) is 12.8. The molecule has 0 radical (unpaired) electrons. The summed E-state index contributed by atoms with van der Waals surface area (Å²) in [5.41, 5.74) is 0. The zero-order valence-electron chi connectivity index (χ0n) is 11.1. The van der Waals surface area contributed by atoms with E-state index in [1.54, 1.807) is 11.8 Å². The predicted octanol–water partition coefficient (Wildman–Crippen LogP) is -0.541. The van der Waals surface area contributed by atoms with Gasteiger partial charge in [0.15, 0.2) is 0 Å². The van der Waals surface area contributed by atoms with Crippen LogP contribution in [0.5, 0.6) is 0 Å². The van der Waals surface area contributed by atoms with Crippen molar-refractivity contribution in [1.82, 2.24) is 15.1 Å². The van der Waals surface area contributed by atoms with Crippen LogP contribution >= 0.6 is 0 Å². The number of nitrogens with zero attached hydrogens (tertiary/aromatic N) is 2. The Morgan fingerprint density at radius 3 is 2.29 bits per heavy atom. The van der Waals surface area contributed by atoms with Crippen LogP contribution in [0.2, 0.25) is 0 Å². The minimum absolute atomic E-state index is 0.119. The molecule has 0 aliphatic heterocycles. The van der Waals surface area contributed by atoms with E-state index in [2.05, 4.69) is 5.32 Å². The molecule has 1 unspecified atom stereocenters. The molecule has 17 heavy (non-hydrogen) atoms. The van der Waals surface area contributed by atoms with Crippen molar-refractivity contribution < 1.29 is 14.7 Å². The fourth-order valence-electron chi connectivity index (χ4n) is 1.40. The minimum Gasteiger partial charge on any atom is -0.480 e. The van der Waals surface area contributed by atoms with E-state index in [-0.39, 0.29) is 12.5 Å². The fraction of sp³-hybridized carbons (Fsp3) is 0.818. The first-order valence-corrected chi connectivity index (χ1v) is 5.76. The van der Waals surface area contributed by atoms with Gasteiger partial charge in [0.25, 0.3) is 0 Å². The van der Waals surface area contributed by atoms with Crippen molar-refractivity contribution in [2.24, 2.45) is 0 Å². The number of carbonyl (C=O) groups is 2. The molecule has 0 heterocycles. The van der Waals surface area contributed by atoms with Crippen LogP contribution < -0.4 is 5.32 Å². The average molecular weight is 245 g/mol. The Hall–Kier alpha value is -1.14. The van der Waals surface area contributed by atoms with Gasteiger partial charge in [-0.1, -0.05) is 0 Å². The second kappa shape index (κ2) is 8.03. The van der Waals surface area contributed by atoms with Gasteiger partial charge in [-0.3, -0.25) is 14.5 Å². The molecule has 1 amide bonds. The highest BCUT2D eigenvalue weighted by Crippen LogP contribution is 1.99. The van der Waals surface area contributed by atoms with E-state index in [9.17, 15) is 9.59 Å². The number of hydrogen-bond acceptors (Lipinski definition) is 4. The quantitative estimate of drug-likeness (QED) is 0.601. The van der Waals surface area contributed by atoms with Crippen molar-refractivity contribution in [2.45, 2.75) is 19.9 Å². The number of aliphatic carboxylic acids is 1. The number of amides is 1. The summed E-state index contributed by atoms with van der Waals surface area (Å²) in [4.78, 5) is 26.0. The molecule has 0 aliphatic carbocycles. The summed E-state index contributed by atoms with van der Waals surface area (Å²) in [5, 5.41) is 11.5. The maximum absolute atomic E-state index is 11.7. The van der Waals surface area contributed by atoms with Gasteiger partial charge in [-0.05, 0) is 27.9 Å². The lowest BCUT2D eigenvalue weighted by molar-refractivity contribution is -0.139. The van der Waals surface area contributed by atoms with Crippen molar-refractivity contribution in [3.63, 3.8) is 0 Å². The predicted molar refractivity (Wildman–Crippen MR) is 65.9 cm³/mol. The minimum atomic E-state index is -0.917. The van der Waals surface area contributed by atoms with Crippen molar-refractivity contribution >= 4 is 11.9 Å². The fourth-order valence-corrected chi connectivity index (χ4v) is 1.40. The molecule has 0 aromatic carbocycles. The number of carboxylic acid groups (broad SMARTS) is 1. The molecular formula is C11H23N3O3. The third kappa shape index (κ3) is 6.91. The Kier molecular flexibility index (Phi) is 7.49. The number of likely N-dealkylation sites (N-methyl/N-ethyl adjacent to an activating group) is 2. The largest absolute Gasteiger partial charge is 0.480 e. The van der Waals surface area contributed by atoms with E-state index >= 15 is 0 Å². The first-order chi connectivity index (χ1) is 7.88. The number of hydrogen-bond donors (Lipinski definition) is 2. The smallest absolute Gasteiger partial charge is 0.317 e. The number of nitrogens with one attached hydrogen (secondary N) is 1. The van der Waals surface area contributed by atoms with Crippen LogP contribution in [0.25, 0.3) is 0 Å². The van der Waals surface area contributed by atoms with Gasteiger partial charge in [0.2, 0.25) is 5.91 Å². The van der Waals surface area contributed by atoms with Gasteiger partial charge in [-0.2, -0.15) is 0 Å². The SMILES string of the molecule is CCNC(=O)C(C)N(CCN(C)C)CC(=O)O. The lowest BCUT2D eigenvalue weighted by atomic mass is 10.2. The second-order valence-corrected chi connectivity index (χ2v) is 4.24. The lowest BCUT2D eigenvalue weighted by Gasteiger charge is -2.27. The van der Waals surface area contributed by atoms with Gasteiger partial charge in [0, 0.05) is 19.6 Å². The van der Waals surface area contributed by atoms with E-state index in [0.29, 0.717) is 13.1 Å². The van der Waals surface area contributed by atoms with Crippen LogP contribution in [-0.4, -0.2) is 73.1 Å². The first kappa shape index (κ1) is 15.9. The van der Waals surface area contributed by atoms with E-state index < -0.39 is 12.0 Å². The number of carboxylic acids is 1. The summed E-state index contributed by atoms with van der Waals surface area (Å²) >= 11 is 0. The van der Waals surface area contributed by atoms with Crippen molar-refractivity contribution in [3.8, 4) is 0 Å². The lowest BCUT2D eigenvalue weighted by Crippen LogP contribution is -2.49. The molecule has 6 nitrogen and oxygen atoms in total. The summed E-state index contributed by atoms with van der Waals surface area (Å²) in [6, 6.07) is -0.425. The summed E-state index contributed by atoms with van der Waals surface area (Å²) < 4.78 is 0. The summed E-state index contributed by atoms with van der Waals surface area (Å²) in [5.74, 6) is -1.05. The Morgan fingerprint density at radius 2 is 1.88 bits per heavy atom. The summed E-state index contributed by atoms with van der Waals surface area (Å²) in [7, 11) is 3.82. The standard InChI is InChI=1S/C11H23N3O3/c1-5-12-11(17)9(2)14(8-10(15)16)7-6-13(3)4/h9H,5-8H2,1-4H3,(H,12,17)(H,15,16). The molecule has 0 aliphatic rings. The molecule has 0 bridgehead atoms. The summed E-state index contributed by atoms with van der Waals surface area (Å²) in [6.07, 6.45) is 0. The summed E-state index contributed by atoms with van der Waals surface area (Å²) in [6.45, 7) is 5.27. The molecule has 0 fully saturated rings. The highest BCUT2D eigenvalue weighted by atomic mass is 16.4. The number of rotatable bonds is 8. The molecule has 6 heteroatoms. The van der Waals surface area contributed by atoms with Crippen LogP contribution in [0, 0.1) is 0 Å². The van der Waals surface area contributed by atoms with Gasteiger partial charge < -0.3 is 15.3 Å². The van der Waals surface area contributed by atoms with Crippen LogP contribution in [0.15, 0.2) is 0 Å². The van der Waals surface area contributed by atoms with Crippen LogP contribution in [0.1, 0.15) is 13.8 Å². The maximum atomic E-state index is 11.7. The van der Waals surface area contributed by atoms with Crippen molar-refractivity contribution in [3.05, 3.63) is 0 Å². The Balaban J connectivity index is 4.43. The van der Waals surface area contributed by atoms with E-state index in [1.165, 1.54) is 0 Å². The first-order valence-electron chi connectivity index (χ1n) is 5.76. The van der Waals surface area contributed by atoms with E-state index in [4.69, 9.17) is 5.11 Å². The number of carbonyl (C=O) groups excluding carboxylic acids is 1. The molecule has 0 rings (SSSR count). The molecule has 0 spiro atoms. The molecule has 0 saturated heterocycles. The Morgan fingerprint density at radius 1 is 1.29 bits per heavy atom. The van der Waals surface area contributed by atoms with Gasteiger partial charge in [0.05, 0.1) is 12.6 Å². The molecule has 1 atom stereocenters. The van der Waals surface area contributed by atoms with Crippen molar-refractivity contribution in [1.29, 1.82) is 0 Å². The van der Waals surface area contributed by atoms with Crippen LogP contribution in [-0.2, 0) is 9.59 Å². The van der Waals surface area contributed by atoms with Crippen LogP contribution in [0.3, 0.4) is 0 Å². The Bertz CT molecular complexity index is 256. The zero-order chi connectivity index (χ0) is 13.4. The molecule has 0 aromatic rings. The molecule has 100 valence electrons. The van der Waals surface area contributed by atoms with E-state index in [1.807, 2.05) is 25.9 Å². The highest BCUT2D eigenvalue weighted by molar-refractivity contribution is 5.82. The highest BCUT2D eigenvalue weighted by Gasteiger charge is 2.22. The van der Waals surface area contributed by atoms with E-state index in [0.717, 1.165) is 6.54 Å². The molecule has 2 N–H and O–H groups in total. The van der Waals surface area contributed by atoms with Gasteiger partial charge in [-0.15, -0.1) is 0 Å². The monoisotopic (exact) mass is 245 g/mol. The topological polar surface area (TPSA) is 72.9 Å². The zero-order valence-corrected chi connectivity index (χ0v) is 11.1. The molecule has 0 saturated carbocycles. The third-order valence-electron chi connectivity index (χ3n) is 2.45. The van der Waals surface area contributed by atoms with Gasteiger partial charge in [0.1, 0.15) is 0 Å². The van der Waals surface area contributed by atoms with Gasteiger partial charge >= 0.3 is 5.97 Å². The maximum Gasteiger partial charge on any atom is 0.317 e. The van der Waals surface area contributed by atoms with Crippen molar-refractivity contribution in [2.75, 3.05) is 40.3 Å². The third-order valence-corrected chi connectivity index (χ3v) is 2.45. The average Bonchev–Trinajstić information content (AvgIpc) is 2.22.